The fraction of sp³-hybridized carbons (Fsp3) is 0.938. The third-order valence-corrected chi connectivity index (χ3v) is 3.46. The Hall–Kier alpha value is -0.610. The summed E-state index contributed by atoms with van der Waals surface area (Å²) in [6.45, 7) is 12.7. The third-order valence-electron chi connectivity index (χ3n) is 3.46. The highest BCUT2D eigenvalue weighted by atomic mass is 16.1. The van der Waals surface area contributed by atoms with Crippen molar-refractivity contribution in [3.63, 3.8) is 0 Å². The second-order valence-electron chi connectivity index (χ2n) is 7.36. The van der Waals surface area contributed by atoms with E-state index in [0.29, 0.717) is 12.5 Å². The molecule has 0 radical (unpaired) electrons. The molecular weight excluding hydrogens is 250 g/mol. The van der Waals surface area contributed by atoms with Gasteiger partial charge < -0.3 is 16.0 Å². The molecule has 0 rings (SSSR count). The predicted molar refractivity (Wildman–Crippen MR) is 86.7 cm³/mol. The van der Waals surface area contributed by atoms with Crippen LogP contribution in [0, 0.1) is 5.41 Å². The number of rotatable bonds is 9. The highest BCUT2D eigenvalue weighted by Gasteiger charge is 2.17. The standard InChI is InChI=1S/C16H35N3O/c1-13(2)19(6)10-8-7-9-18-15(20)11-14(17)12-16(3,4)5/h13-14H,7-12,17H2,1-6H3,(H,18,20). The first-order valence-corrected chi connectivity index (χ1v) is 7.84. The van der Waals surface area contributed by atoms with E-state index in [-0.39, 0.29) is 17.4 Å². The number of carbonyl (C=O) groups is 1. The van der Waals surface area contributed by atoms with Gasteiger partial charge in [-0.15, -0.1) is 0 Å². The van der Waals surface area contributed by atoms with Crippen LogP contribution in [0.5, 0.6) is 0 Å². The summed E-state index contributed by atoms with van der Waals surface area (Å²) in [4.78, 5) is 14.1. The second kappa shape index (κ2) is 9.35. The van der Waals surface area contributed by atoms with Gasteiger partial charge in [0.1, 0.15) is 0 Å². The van der Waals surface area contributed by atoms with Crippen LogP contribution in [0.25, 0.3) is 0 Å². The van der Waals surface area contributed by atoms with Crippen molar-refractivity contribution >= 4 is 5.91 Å². The maximum atomic E-state index is 11.7. The Balaban J connectivity index is 3.64. The van der Waals surface area contributed by atoms with Crippen LogP contribution in [0.15, 0.2) is 0 Å². The Kier molecular flexibility index (Phi) is 9.06. The highest BCUT2D eigenvalue weighted by Crippen LogP contribution is 2.20. The van der Waals surface area contributed by atoms with E-state index in [2.05, 4.69) is 51.9 Å². The van der Waals surface area contributed by atoms with Crippen molar-refractivity contribution in [3.8, 4) is 0 Å². The van der Waals surface area contributed by atoms with E-state index in [1.165, 1.54) is 0 Å². The topological polar surface area (TPSA) is 58.4 Å². The molecule has 0 saturated carbocycles. The Morgan fingerprint density at radius 2 is 1.85 bits per heavy atom. The van der Waals surface area contributed by atoms with Gasteiger partial charge >= 0.3 is 0 Å². The molecule has 0 heterocycles. The first kappa shape index (κ1) is 19.4. The zero-order valence-corrected chi connectivity index (χ0v) is 14.3. The van der Waals surface area contributed by atoms with E-state index in [0.717, 1.165) is 32.4 Å². The summed E-state index contributed by atoms with van der Waals surface area (Å²) >= 11 is 0. The molecule has 1 amide bonds. The normalized spacial score (nSPS) is 13.8. The van der Waals surface area contributed by atoms with Crippen LogP contribution in [0.3, 0.4) is 0 Å². The summed E-state index contributed by atoms with van der Waals surface area (Å²) in [5.41, 5.74) is 6.18. The molecule has 0 fully saturated rings. The number of unbranched alkanes of at least 4 members (excludes halogenated alkanes) is 1. The van der Waals surface area contributed by atoms with E-state index in [9.17, 15) is 4.79 Å². The molecule has 3 N–H and O–H groups in total. The van der Waals surface area contributed by atoms with Crippen LogP contribution in [0.4, 0.5) is 0 Å². The van der Waals surface area contributed by atoms with Crippen LogP contribution in [0.1, 0.15) is 60.3 Å². The van der Waals surface area contributed by atoms with Crippen molar-refractivity contribution in [2.24, 2.45) is 11.1 Å². The summed E-state index contributed by atoms with van der Waals surface area (Å²) in [5.74, 6) is 0.0824. The van der Waals surface area contributed by atoms with Gasteiger partial charge in [-0.3, -0.25) is 4.79 Å². The number of nitrogens with two attached hydrogens (primary N) is 1. The number of nitrogens with one attached hydrogen (secondary N) is 1. The highest BCUT2D eigenvalue weighted by molar-refractivity contribution is 5.76. The molecule has 0 saturated heterocycles. The van der Waals surface area contributed by atoms with Gasteiger partial charge in [-0.1, -0.05) is 20.8 Å². The van der Waals surface area contributed by atoms with Crippen LogP contribution < -0.4 is 11.1 Å². The number of carbonyl (C=O) groups excluding carboxylic acids is 1. The van der Waals surface area contributed by atoms with Crippen molar-refractivity contribution in [1.29, 1.82) is 0 Å². The van der Waals surface area contributed by atoms with Crippen LogP contribution >= 0.6 is 0 Å². The summed E-state index contributed by atoms with van der Waals surface area (Å²) in [7, 11) is 2.13. The van der Waals surface area contributed by atoms with Crippen LogP contribution in [-0.4, -0.2) is 43.0 Å². The van der Waals surface area contributed by atoms with Gasteiger partial charge in [-0.2, -0.15) is 0 Å². The molecule has 4 heteroatoms. The molecule has 120 valence electrons. The molecule has 0 spiro atoms. The van der Waals surface area contributed by atoms with Gasteiger partial charge in [0.15, 0.2) is 0 Å². The average molecular weight is 285 g/mol. The lowest BCUT2D eigenvalue weighted by Crippen LogP contribution is -2.34. The van der Waals surface area contributed by atoms with Gasteiger partial charge in [0.2, 0.25) is 5.91 Å². The van der Waals surface area contributed by atoms with Crippen LogP contribution in [-0.2, 0) is 4.79 Å². The Labute approximate surface area is 125 Å². The second-order valence-corrected chi connectivity index (χ2v) is 7.36. The molecule has 0 aromatic heterocycles. The van der Waals surface area contributed by atoms with Gasteiger partial charge in [-0.25, -0.2) is 0 Å². The van der Waals surface area contributed by atoms with Gasteiger partial charge in [0.25, 0.3) is 0 Å². The third kappa shape index (κ3) is 11.2. The Morgan fingerprint density at radius 1 is 1.25 bits per heavy atom. The van der Waals surface area contributed by atoms with Crippen molar-refractivity contribution in [1.82, 2.24) is 10.2 Å². The molecular formula is C16H35N3O. The SMILES string of the molecule is CC(C)N(C)CCCCNC(=O)CC(N)CC(C)(C)C. The monoisotopic (exact) mass is 285 g/mol. The van der Waals surface area contributed by atoms with E-state index < -0.39 is 0 Å². The van der Waals surface area contributed by atoms with Crippen LogP contribution in [0.2, 0.25) is 0 Å². The van der Waals surface area contributed by atoms with E-state index in [1.54, 1.807) is 0 Å². The number of hydrogen-bond acceptors (Lipinski definition) is 3. The fourth-order valence-electron chi connectivity index (χ4n) is 2.14. The summed E-state index contributed by atoms with van der Waals surface area (Å²) in [5, 5.41) is 2.96. The van der Waals surface area contributed by atoms with Crippen molar-refractivity contribution < 1.29 is 4.79 Å². The lowest BCUT2D eigenvalue weighted by Gasteiger charge is -2.23. The molecule has 0 aromatic rings. The molecule has 0 bridgehead atoms. The minimum atomic E-state index is -0.0397. The molecule has 20 heavy (non-hydrogen) atoms. The average Bonchev–Trinajstić information content (AvgIpc) is 2.25. The van der Waals surface area contributed by atoms with Gasteiger partial charge in [0, 0.05) is 25.0 Å². The zero-order chi connectivity index (χ0) is 15.8. The molecule has 1 unspecified atom stereocenters. The summed E-state index contributed by atoms with van der Waals surface area (Å²) in [6, 6.07) is 0.544. The molecule has 1 atom stereocenters. The number of nitrogens with zero attached hydrogens (tertiary/aromatic N) is 1. The lowest BCUT2D eigenvalue weighted by molar-refractivity contribution is -0.121. The molecule has 0 aromatic carbocycles. The maximum Gasteiger partial charge on any atom is 0.221 e. The Morgan fingerprint density at radius 3 is 2.35 bits per heavy atom. The van der Waals surface area contributed by atoms with E-state index >= 15 is 0 Å². The smallest absolute Gasteiger partial charge is 0.221 e. The largest absolute Gasteiger partial charge is 0.356 e. The minimum absolute atomic E-state index is 0.0397. The molecule has 0 aliphatic heterocycles. The number of hydrogen-bond donors (Lipinski definition) is 2. The van der Waals surface area contributed by atoms with Crippen molar-refractivity contribution in [3.05, 3.63) is 0 Å². The van der Waals surface area contributed by atoms with Gasteiger partial charge in [0.05, 0.1) is 0 Å². The number of amides is 1. The molecule has 0 aliphatic rings. The summed E-state index contributed by atoms with van der Waals surface area (Å²) in [6.07, 6.45) is 3.45. The van der Waals surface area contributed by atoms with E-state index in [1.807, 2.05) is 0 Å². The summed E-state index contributed by atoms with van der Waals surface area (Å²) < 4.78 is 0. The molecule has 4 nitrogen and oxygen atoms in total. The van der Waals surface area contributed by atoms with Gasteiger partial charge in [-0.05, 0) is 52.1 Å². The first-order valence-electron chi connectivity index (χ1n) is 7.84. The fourth-order valence-corrected chi connectivity index (χ4v) is 2.14. The maximum absolute atomic E-state index is 11.7. The van der Waals surface area contributed by atoms with E-state index in [4.69, 9.17) is 5.73 Å². The predicted octanol–water partition coefficient (Wildman–Crippen LogP) is 2.38. The van der Waals surface area contributed by atoms with Crippen molar-refractivity contribution in [2.75, 3.05) is 20.1 Å². The lowest BCUT2D eigenvalue weighted by atomic mass is 9.87. The van der Waals surface area contributed by atoms with Crippen molar-refractivity contribution in [2.45, 2.75) is 72.4 Å². The quantitative estimate of drug-likeness (QED) is 0.639. The zero-order valence-electron chi connectivity index (χ0n) is 14.3. The Bertz CT molecular complexity index is 271. The molecule has 0 aliphatic carbocycles. The first-order chi connectivity index (χ1) is 9.11. The minimum Gasteiger partial charge on any atom is -0.356 e.